The van der Waals surface area contributed by atoms with Crippen molar-refractivity contribution in [3.05, 3.63) is 65.5 Å². The first-order valence-corrected chi connectivity index (χ1v) is 13.3. The van der Waals surface area contributed by atoms with Gasteiger partial charge in [-0.1, -0.05) is 6.07 Å². The molecule has 1 aliphatic heterocycles. The van der Waals surface area contributed by atoms with E-state index in [1.807, 2.05) is 49.4 Å². The number of aliphatic hydroxyl groups excluding tert-OH is 1. The largest absolute Gasteiger partial charge is 0.500 e. The number of rotatable bonds is 10. The molecular weight excluding hydrogens is 499 g/mol. The Morgan fingerprint density at radius 1 is 1.29 bits per heavy atom. The van der Waals surface area contributed by atoms with Gasteiger partial charge in [-0.25, -0.2) is 4.68 Å². The predicted octanol–water partition coefficient (Wildman–Crippen LogP) is 3.83. The molecule has 200 valence electrons. The van der Waals surface area contributed by atoms with E-state index in [0.717, 1.165) is 42.1 Å². The van der Waals surface area contributed by atoms with Crippen LogP contribution in [0.25, 0.3) is 5.69 Å². The summed E-state index contributed by atoms with van der Waals surface area (Å²) < 4.78 is 12.8. The van der Waals surface area contributed by atoms with Gasteiger partial charge < -0.3 is 19.9 Å². The molecule has 2 aromatic carbocycles. The third-order valence-corrected chi connectivity index (χ3v) is 7.01. The molecule has 38 heavy (non-hydrogen) atoms. The molecule has 0 spiro atoms. The summed E-state index contributed by atoms with van der Waals surface area (Å²) in [4.78, 5) is 16.3. The van der Waals surface area contributed by atoms with Crippen LogP contribution in [0.3, 0.4) is 0 Å². The number of piperidine rings is 1. The molecule has 1 saturated heterocycles. The van der Waals surface area contributed by atoms with E-state index in [4.69, 9.17) is 17.3 Å². The molecule has 3 unspecified atom stereocenters. The van der Waals surface area contributed by atoms with Gasteiger partial charge in [0.1, 0.15) is 13.6 Å². The molecule has 2 radical (unpaired) electrons. The van der Waals surface area contributed by atoms with Crippen molar-refractivity contribution in [2.24, 2.45) is 5.92 Å². The van der Waals surface area contributed by atoms with Crippen molar-refractivity contribution in [2.75, 3.05) is 32.1 Å². The van der Waals surface area contributed by atoms with Crippen molar-refractivity contribution in [3.63, 3.8) is 0 Å². The zero-order valence-corrected chi connectivity index (χ0v) is 23.0. The first-order valence-electron chi connectivity index (χ1n) is 12.8. The lowest BCUT2D eigenvalue weighted by molar-refractivity contribution is -0.00360. The highest BCUT2D eigenvalue weighted by atomic mass is 32.1. The number of ether oxygens (including phenoxy) is 2. The van der Waals surface area contributed by atoms with Crippen LogP contribution in [-0.2, 0) is 11.3 Å². The third kappa shape index (κ3) is 7.20. The van der Waals surface area contributed by atoms with E-state index in [1.165, 1.54) is 0 Å². The van der Waals surface area contributed by atoms with Gasteiger partial charge in [-0.05, 0) is 69.5 Å². The number of anilines is 1. The zero-order chi connectivity index (χ0) is 27.2. The summed E-state index contributed by atoms with van der Waals surface area (Å²) in [5, 5.41) is 17.9. The minimum Gasteiger partial charge on any atom is -0.500 e. The van der Waals surface area contributed by atoms with Gasteiger partial charge in [0, 0.05) is 48.6 Å². The molecule has 4 rings (SSSR count). The zero-order valence-electron chi connectivity index (χ0n) is 22.1. The average Bonchev–Trinajstić information content (AvgIpc) is 3.27. The monoisotopic (exact) mass is 534 g/mol. The molecule has 1 aromatic heterocycles. The topological polar surface area (TPSA) is 88.9 Å². The van der Waals surface area contributed by atoms with Crippen LogP contribution in [0.1, 0.15) is 41.4 Å². The number of thiol groups is 1. The van der Waals surface area contributed by atoms with Gasteiger partial charge >= 0.3 is 0 Å². The lowest BCUT2D eigenvalue weighted by Gasteiger charge is -2.35. The molecule has 1 amide bonds. The second-order valence-corrected chi connectivity index (χ2v) is 10.4. The molecule has 0 saturated carbocycles. The Balaban J connectivity index is 1.48. The summed E-state index contributed by atoms with van der Waals surface area (Å²) in [6.45, 7) is 6.29. The number of aliphatic hydroxyl groups is 1. The summed E-state index contributed by atoms with van der Waals surface area (Å²) >= 11 is 4.32. The van der Waals surface area contributed by atoms with E-state index in [1.54, 1.807) is 24.9 Å². The summed E-state index contributed by atoms with van der Waals surface area (Å²) in [5.74, 6) is 0.529. The maximum Gasteiger partial charge on any atom is 0.259 e. The van der Waals surface area contributed by atoms with Gasteiger partial charge in [0.05, 0.1) is 35.7 Å². The van der Waals surface area contributed by atoms with E-state index in [0.29, 0.717) is 35.8 Å². The number of aryl methyl sites for hydroxylation is 1. The smallest absolute Gasteiger partial charge is 0.259 e. The van der Waals surface area contributed by atoms with E-state index < -0.39 is 12.1 Å². The molecule has 0 bridgehead atoms. The Labute approximate surface area is 231 Å². The lowest BCUT2D eigenvalue weighted by atomic mass is 9.92. The number of carbonyl (C=O) groups excluding carboxylic acids is 1. The lowest BCUT2D eigenvalue weighted by Crippen LogP contribution is -2.41. The fraction of sp³-hybridized carbons (Fsp3) is 0.429. The third-order valence-electron chi connectivity index (χ3n) is 6.71. The van der Waals surface area contributed by atoms with Crippen molar-refractivity contribution in [1.29, 1.82) is 0 Å². The molecule has 0 aliphatic carbocycles. The maximum absolute atomic E-state index is 13.1. The van der Waals surface area contributed by atoms with Crippen molar-refractivity contribution >= 4 is 32.1 Å². The molecule has 3 aromatic rings. The Kier molecular flexibility index (Phi) is 9.54. The Hall–Kier alpha value is -2.79. The molecule has 10 heteroatoms. The molecule has 1 aliphatic rings. The number of nitrogens with zero attached hydrogens (tertiary/aromatic N) is 3. The van der Waals surface area contributed by atoms with Crippen LogP contribution in [0.2, 0.25) is 0 Å². The average molecular weight is 534 g/mol. The Morgan fingerprint density at radius 2 is 2.05 bits per heavy atom. The van der Waals surface area contributed by atoms with Gasteiger partial charge in [-0.15, -0.1) is 12.6 Å². The highest BCUT2D eigenvalue weighted by molar-refractivity contribution is 7.80. The number of benzene rings is 2. The Morgan fingerprint density at radius 3 is 2.76 bits per heavy atom. The van der Waals surface area contributed by atoms with Crippen LogP contribution < -0.4 is 10.1 Å². The number of likely N-dealkylation sites (tertiary alicyclic amines) is 1. The molecule has 8 nitrogen and oxygen atoms in total. The van der Waals surface area contributed by atoms with Crippen LogP contribution in [-0.4, -0.2) is 72.5 Å². The molecule has 2 N–H and O–H groups in total. The number of methoxy groups -OCH3 is 1. The van der Waals surface area contributed by atoms with Crippen LogP contribution in [0.4, 0.5) is 5.69 Å². The Bertz CT molecular complexity index is 1230. The molecule has 2 heterocycles. The van der Waals surface area contributed by atoms with Crippen molar-refractivity contribution in [3.8, 4) is 11.4 Å². The van der Waals surface area contributed by atoms with Crippen LogP contribution in [0.5, 0.6) is 5.75 Å². The fourth-order valence-electron chi connectivity index (χ4n) is 4.79. The van der Waals surface area contributed by atoms with Gasteiger partial charge in [0.2, 0.25) is 0 Å². The number of carbonyl (C=O) groups is 1. The van der Waals surface area contributed by atoms with E-state index in [9.17, 15) is 9.90 Å². The first-order chi connectivity index (χ1) is 18.2. The fourth-order valence-corrected chi connectivity index (χ4v) is 4.94. The minimum atomic E-state index is -0.513. The van der Waals surface area contributed by atoms with Crippen LogP contribution in [0.15, 0.2) is 53.6 Å². The first kappa shape index (κ1) is 28.2. The van der Waals surface area contributed by atoms with Crippen molar-refractivity contribution in [2.45, 2.75) is 50.2 Å². The number of amides is 1. The number of aromatic nitrogens is 2. The molecular formula is C28H35BN4O4S. The van der Waals surface area contributed by atoms with Gasteiger partial charge in [-0.3, -0.25) is 9.69 Å². The minimum absolute atomic E-state index is 0.167. The molecule has 3 atom stereocenters. The summed E-state index contributed by atoms with van der Waals surface area (Å²) in [7, 11) is 7.57. The normalized spacial score (nSPS) is 17.7. The summed E-state index contributed by atoms with van der Waals surface area (Å²) in [5.41, 5.74) is 3.52. The maximum atomic E-state index is 13.1. The standard InChI is InChI=1S/C28H35BN4O4S/c1-18-25(16-33(31-18)23-8-10-24(38)11-9-23)28(35)30-22-7-6-21(27(13-22)37-19(2)29)15-32-12-4-5-20(14-32)26(34)17-36-3/h6-11,13,16,19-20,26,34,38H,4-5,12,14-15,17H2,1-3H3,(H,30,35). The van der Waals surface area contributed by atoms with Crippen LogP contribution in [0, 0.1) is 12.8 Å². The number of hydrogen-bond donors (Lipinski definition) is 3. The van der Waals surface area contributed by atoms with Gasteiger partial charge in [0.25, 0.3) is 5.91 Å². The SMILES string of the molecule is [B]C(C)Oc1cc(NC(=O)c2cn(-c3ccc(S)cc3)nc2C)ccc1CN1CCCC(C(O)COC)C1. The quantitative estimate of drug-likeness (QED) is 0.271. The highest BCUT2D eigenvalue weighted by Crippen LogP contribution is 2.29. The highest BCUT2D eigenvalue weighted by Gasteiger charge is 2.26. The summed E-state index contributed by atoms with van der Waals surface area (Å²) in [6, 6.07) is 12.7. The van der Waals surface area contributed by atoms with E-state index >= 15 is 0 Å². The van der Waals surface area contributed by atoms with Gasteiger partial charge in [0.15, 0.2) is 0 Å². The van der Waals surface area contributed by atoms with Crippen molar-refractivity contribution in [1.82, 2.24) is 14.7 Å². The second-order valence-electron chi connectivity index (χ2n) is 9.85. The predicted molar refractivity (Wildman–Crippen MR) is 152 cm³/mol. The van der Waals surface area contributed by atoms with E-state index in [2.05, 4.69) is 27.9 Å². The second kappa shape index (κ2) is 12.8. The number of nitrogens with one attached hydrogen (secondary N) is 1. The summed E-state index contributed by atoms with van der Waals surface area (Å²) in [6.07, 6.45) is 3.23. The molecule has 1 fully saturated rings. The number of hydrogen-bond acceptors (Lipinski definition) is 7. The van der Waals surface area contributed by atoms with Crippen molar-refractivity contribution < 1.29 is 19.4 Å². The van der Waals surface area contributed by atoms with Gasteiger partial charge in [-0.2, -0.15) is 5.10 Å². The van der Waals surface area contributed by atoms with Crippen LogP contribution >= 0.6 is 12.6 Å². The van der Waals surface area contributed by atoms with E-state index in [-0.39, 0.29) is 11.8 Å².